The Labute approximate surface area is 151 Å². The van der Waals surface area contributed by atoms with Gasteiger partial charge in [-0.3, -0.25) is 0 Å². The topological polar surface area (TPSA) is 30.7 Å². The Kier molecular flexibility index (Phi) is 4.02. The van der Waals surface area contributed by atoms with Gasteiger partial charge in [0.25, 0.3) is 0 Å². The first-order valence-electron chi connectivity index (χ1n) is 8.98. The van der Waals surface area contributed by atoms with E-state index in [1.165, 1.54) is 22.3 Å². The molecule has 0 spiro atoms. The number of aromatic nitrogens is 3. The lowest BCUT2D eigenvalue weighted by molar-refractivity contribution is 0.577. The molecule has 3 aromatic rings. The summed E-state index contributed by atoms with van der Waals surface area (Å²) in [6.07, 6.45) is 0. The van der Waals surface area contributed by atoms with Crippen molar-refractivity contribution in [3.05, 3.63) is 52.6 Å². The number of para-hydroxylation sites is 1. The molecule has 2 aromatic carbocycles. The highest BCUT2D eigenvalue weighted by atomic mass is 15.5. The fourth-order valence-corrected chi connectivity index (χ4v) is 3.89. The van der Waals surface area contributed by atoms with Crippen LogP contribution in [0, 0.1) is 13.8 Å². The van der Waals surface area contributed by atoms with E-state index >= 15 is 0 Å². The molecule has 132 valence electrons. The third-order valence-electron chi connectivity index (χ3n) is 4.89. The van der Waals surface area contributed by atoms with Gasteiger partial charge >= 0.3 is 0 Å². The van der Waals surface area contributed by atoms with Gasteiger partial charge in [0.1, 0.15) is 11.0 Å². The first-order valence-corrected chi connectivity index (χ1v) is 8.98. The van der Waals surface area contributed by atoms with Gasteiger partial charge in [0, 0.05) is 0 Å². The summed E-state index contributed by atoms with van der Waals surface area (Å²) in [5.41, 5.74) is 8.37. The second-order valence-electron chi connectivity index (χ2n) is 9.02. The number of nitrogens with zero attached hydrogens (tertiary/aromatic N) is 3. The summed E-state index contributed by atoms with van der Waals surface area (Å²) in [7, 11) is 0. The predicted molar refractivity (Wildman–Crippen MR) is 106 cm³/mol. The van der Waals surface area contributed by atoms with Gasteiger partial charge < -0.3 is 0 Å². The van der Waals surface area contributed by atoms with Crippen molar-refractivity contribution in [2.75, 3.05) is 0 Å². The highest BCUT2D eigenvalue weighted by Crippen LogP contribution is 2.40. The van der Waals surface area contributed by atoms with Crippen molar-refractivity contribution < 1.29 is 0 Å². The van der Waals surface area contributed by atoms with Crippen LogP contribution in [0.4, 0.5) is 0 Å². The molecule has 0 aliphatic rings. The van der Waals surface area contributed by atoms with Crippen LogP contribution in [0.25, 0.3) is 16.7 Å². The van der Waals surface area contributed by atoms with Gasteiger partial charge in [-0.25, -0.2) is 0 Å². The SMILES string of the molecule is Cc1c(C)c(C(C)(C)C)c2nn(-c3ccccc3)nc2c1C(C)(C)C. The summed E-state index contributed by atoms with van der Waals surface area (Å²) in [4.78, 5) is 1.79. The molecular weight excluding hydrogens is 306 g/mol. The van der Waals surface area contributed by atoms with Crippen molar-refractivity contribution in [2.45, 2.75) is 66.2 Å². The van der Waals surface area contributed by atoms with E-state index in [-0.39, 0.29) is 10.8 Å². The third kappa shape index (κ3) is 2.97. The van der Waals surface area contributed by atoms with Crippen molar-refractivity contribution in [1.29, 1.82) is 0 Å². The molecule has 0 radical (unpaired) electrons. The molecule has 0 aliphatic heterocycles. The van der Waals surface area contributed by atoms with Crippen LogP contribution < -0.4 is 0 Å². The van der Waals surface area contributed by atoms with Gasteiger partial charge in [-0.05, 0) is 59.1 Å². The monoisotopic (exact) mass is 335 g/mol. The Morgan fingerprint density at radius 1 is 0.680 bits per heavy atom. The zero-order chi connectivity index (χ0) is 18.6. The molecule has 0 aliphatic carbocycles. The lowest BCUT2D eigenvalue weighted by Crippen LogP contribution is -2.20. The molecule has 0 atom stereocenters. The molecule has 0 fully saturated rings. The molecule has 3 nitrogen and oxygen atoms in total. The van der Waals surface area contributed by atoms with Crippen molar-refractivity contribution in [3.8, 4) is 5.69 Å². The van der Waals surface area contributed by atoms with Gasteiger partial charge in [-0.1, -0.05) is 59.7 Å². The second-order valence-corrected chi connectivity index (χ2v) is 9.02. The van der Waals surface area contributed by atoms with E-state index in [4.69, 9.17) is 10.2 Å². The van der Waals surface area contributed by atoms with Crippen molar-refractivity contribution in [2.24, 2.45) is 0 Å². The molecule has 1 heterocycles. The van der Waals surface area contributed by atoms with Crippen LogP contribution in [-0.4, -0.2) is 15.0 Å². The quantitative estimate of drug-likeness (QED) is 0.577. The third-order valence-corrected chi connectivity index (χ3v) is 4.89. The van der Waals surface area contributed by atoms with E-state index in [0.29, 0.717) is 0 Å². The van der Waals surface area contributed by atoms with Crippen molar-refractivity contribution in [1.82, 2.24) is 15.0 Å². The Morgan fingerprint density at radius 2 is 1.08 bits per heavy atom. The summed E-state index contributed by atoms with van der Waals surface area (Å²) in [5.74, 6) is 0. The molecule has 0 unspecified atom stereocenters. The maximum atomic E-state index is 4.93. The zero-order valence-electron chi connectivity index (χ0n) is 16.7. The maximum Gasteiger partial charge on any atom is 0.117 e. The van der Waals surface area contributed by atoms with Gasteiger partial charge in [0.2, 0.25) is 0 Å². The highest BCUT2D eigenvalue weighted by Gasteiger charge is 2.30. The molecule has 3 heteroatoms. The smallest absolute Gasteiger partial charge is 0.117 e. The van der Waals surface area contributed by atoms with Crippen molar-refractivity contribution >= 4 is 11.0 Å². The van der Waals surface area contributed by atoms with Crippen LogP contribution in [0.5, 0.6) is 0 Å². The number of fused-ring (bicyclic) bond motifs is 1. The average molecular weight is 335 g/mol. The molecule has 0 N–H and O–H groups in total. The minimum Gasteiger partial charge on any atom is -0.150 e. The van der Waals surface area contributed by atoms with E-state index in [9.17, 15) is 0 Å². The fraction of sp³-hybridized carbons (Fsp3) is 0.455. The minimum atomic E-state index is 0.0149. The Hall–Kier alpha value is -2.16. The van der Waals surface area contributed by atoms with E-state index in [1.807, 2.05) is 30.3 Å². The summed E-state index contributed by atoms with van der Waals surface area (Å²) in [6.45, 7) is 18.0. The first-order chi connectivity index (χ1) is 11.5. The van der Waals surface area contributed by atoms with Crippen LogP contribution in [0.15, 0.2) is 30.3 Å². The number of hydrogen-bond acceptors (Lipinski definition) is 2. The highest BCUT2D eigenvalue weighted by molar-refractivity contribution is 5.86. The summed E-state index contributed by atoms with van der Waals surface area (Å²) in [5, 5.41) is 9.86. The maximum absolute atomic E-state index is 4.93. The van der Waals surface area contributed by atoms with Crippen LogP contribution in [0.1, 0.15) is 63.8 Å². The lowest BCUT2D eigenvalue weighted by Gasteiger charge is -2.28. The molecule has 0 bridgehead atoms. The average Bonchev–Trinajstić information content (AvgIpc) is 2.90. The van der Waals surface area contributed by atoms with E-state index in [0.717, 1.165) is 16.7 Å². The minimum absolute atomic E-state index is 0.0149. The molecular formula is C22H29N3. The fourth-order valence-electron chi connectivity index (χ4n) is 3.89. The number of hydrogen-bond donors (Lipinski definition) is 0. The summed E-state index contributed by atoms with van der Waals surface area (Å²) >= 11 is 0. The Bertz CT molecular complexity index is 863. The molecule has 1 aromatic heterocycles. The molecule has 0 amide bonds. The van der Waals surface area contributed by atoms with E-state index < -0.39 is 0 Å². The first kappa shape index (κ1) is 17.7. The standard InChI is InChI=1S/C22H29N3/c1-14-15(2)18(22(6,7)8)20-19(17(14)21(3,4)5)23-25(24-20)16-12-10-9-11-13-16/h9-13H,1-8H3. The molecule has 25 heavy (non-hydrogen) atoms. The second kappa shape index (κ2) is 5.69. The van der Waals surface area contributed by atoms with Crippen LogP contribution in [-0.2, 0) is 10.8 Å². The van der Waals surface area contributed by atoms with Crippen molar-refractivity contribution in [3.63, 3.8) is 0 Å². The van der Waals surface area contributed by atoms with Gasteiger partial charge in [-0.15, -0.1) is 10.2 Å². The van der Waals surface area contributed by atoms with E-state index in [2.05, 4.69) is 55.4 Å². The van der Waals surface area contributed by atoms with E-state index in [1.54, 1.807) is 4.80 Å². The number of rotatable bonds is 1. The van der Waals surface area contributed by atoms with Gasteiger partial charge in [-0.2, -0.15) is 4.80 Å². The van der Waals surface area contributed by atoms with Gasteiger partial charge in [0.05, 0.1) is 5.69 Å². The number of benzene rings is 2. The predicted octanol–water partition coefficient (Wildman–Crippen LogP) is 5.63. The Morgan fingerprint density at radius 3 is 1.44 bits per heavy atom. The van der Waals surface area contributed by atoms with Crippen LogP contribution in [0.3, 0.4) is 0 Å². The normalized spacial score (nSPS) is 12.8. The lowest BCUT2D eigenvalue weighted by atomic mass is 9.75. The molecule has 0 saturated carbocycles. The van der Waals surface area contributed by atoms with Crippen LogP contribution in [0.2, 0.25) is 0 Å². The van der Waals surface area contributed by atoms with Crippen LogP contribution >= 0.6 is 0 Å². The molecule has 0 saturated heterocycles. The summed E-state index contributed by atoms with van der Waals surface area (Å²) < 4.78 is 0. The largest absolute Gasteiger partial charge is 0.150 e. The van der Waals surface area contributed by atoms with Gasteiger partial charge in [0.15, 0.2) is 0 Å². The zero-order valence-corrected chi connectivity index (χ0v) is 16.7. The summed E-state index contributed by atoms with van der Waals surface area (Å²) in [6, 6.07) is 10.2. The molecule has 3 rings (SSSR count). The Balaban J connectivity index is 2.46.